The summed E-state index contributed by atoms with van der Waals surface area (Å²) in [6.45, 7) is 0.655. The van der Waals surface area contributed by atoms with Crippen molar-refractivity contribution in [3.05, 3.63) is 52.2 Å². The number of aromatic nitrogens is 2. The van der Waals surface area contributed by atoms with Gasteiger partial charge in [-0.05, 0) is 35.5 Å². The van der Waals surface area contributed by atoms with Crippen LogP contribution in [0, 0.1) is 10.1 Å². The Morgan fingerprint density at radius 3 is 2.89 bits per heavy atom. The van der Waals surface area contributed by atoms with Crippen molar-refractivity contribution in [2.45, 2.75) is 19.4 Å². The van der Waals surface area contributed by atoms with Crippen LogP contribution in [0.4, 0.5) is 11.5 Å². The average Bonchev–Trinajstić information content (AvgIpc) is 2.78. The second kappa shape index (κ2) is 5.31. The monoisotopic (exact) mass is 246 g/mol. The molecular formula is C12H14N4O2. The normalized spacial score (nSPS) is 10.4. The van der Waals surface area contributed by atoms with E-state index in [0.29, 0.717) is 6.54 Å². The predicted octanol–water partition coefficient (Wildman–Crippen LogP) is 2.01. The number of nitrogens with zero attached hydrogens (tertiary/aromatic N) is 3. The van der Waals surface area contributed by atoms with Gasteiger partial charge in [-0.2, -0.15) is 4.68 Å². The summed E-state index contributed by atoms with van der Waals surface area (Å²) in [6.07, 6.45) is 3.36. The van der Waals surface area contributed by atoms with E-state index >= 15 is 0 Å². The van der Waals surface area contributed by atoms with Gasteiger partial charge in [-0.25, -0.2) is 0 Å². The van der Waals surface area contributed by atoms with Gasteiger partial charge in [0.15, 0.2) is 0 Å². The van der Waals surface area contributed by atoms with Crippen molar-refractivity contribution in [3.63, 3.8) is 0 Å². The number of nitro groups is 1. The maximum Gasteiger partial charge on any atom is 0.389 e. The quantitative estimate of drug-likeness (QED) is 0.496. The van der Waals surface area contributed by atoms with Gasteiger partial charge in [-0.15, -0.1) is 0 Å². The number of rotatable bonds is 5. The van der Waals surface area contributed by atoms with Crippen LogP contribution in [0.15, 0.2) is 36.5 Å². The molecule has 0 atom stereocenters. The molecular weight excluding hydrogens is 232 g/mol. The molecule has 18 heavy (non-hydrogen) atoms. The summed E-state index contributed by atoms with van der Waals surface area (Å²) in [4.78, 5) is 9.97. The summed E-state index contributed by atoms with van der Waals surface area (Å²) in [5, 5.41) is 14.3. The zero-order valence-corrected chi connectivity index (χ0v) is 9.82. The Bertz CT molecular complexity index is 551. The van der Waals surface area contributed by atoms with E-state index in [4.69, 9.17) is 5.73 Å². The zero-order valence-electron chi connectivity index (χ0n) is 9.82. The Morgan fingerprint density at radius 2 is 2.22 bits per heavy atom. The van der Waals surface area contributed by atoms with Crippen molar-refractivity contribution in [1.82, 2.24) is 9.78 Å². The Morgan fingerprint density at radius 1 is 1.39 bits per heavy atom. The van der Waals surface area contributed by atoms with E-state index in [1.807, 2.05) is 24.3 Å². The third-order valence-corrected chi connectivity index (χ3v) is 2.62. The maximum absolute atomic E-state index is 10.5. The molecule has 1 aromatic carbocycles. The van der Waals surface area contributed by atoms with Crippen LogP contribution in [0.2, 0.25) is 0 Å². The largest absolute Gasteiger partial charge is 0.399 e. The van der Waals surface area contributed by atoms with Crippen molar-refractivity contribution >= 4 is 11.5 Å². The predicted molar refractivity (Wildman–Crippen MR) is 68.1 cm³/mol. The summed E-state index contributed by atoms with van der Waals surface area (Å²) in [5.74, 6) is -0.112. The van der Waals surface area contributed by atoms with Gasteiger partial charge in [-0.3, -0.25) is 0 Å². The molecule has 2 aromatic rings. The minimum absolute atomic E-state index is 0.112. The van der Waals surface area contributed by atoms with E-state index in [1.165, 1.54) is 6.07 Å². The molecule has 0 radical (unpaired) electrons. The summed E-state index contributed by atoms with van der Waals surface area (Å²) in [7, 11) is 0. The Labute approximate surface area is 104 Å². The second-order valence-electron chi connectivity index (χ2n) is 4.04. The highest BCUT2D eigenvalue weighted by atomic mass is 16.6. The van der Waals surface area contributed by atoms with Gasteiger partial charge < -0.3 is 15.8 Å². The Balaban J connectivity index is 1.86. The van der Waals surface area contributed by atoms with Crippen LogP contribution in [0.25, 0.3) is 0 Å². The Hall–Kier alpha value is -2.37. The van der Waals surface area contributed by atoms with Gasteiger partial charge >= 0.3 is 5.82 Å². The van der Waals surface area contributed by atoms with Crippen molar-refractivity contribution in [2.24, 2.45) is 0 Å². The van der Waals surface area contributed by atoms with E-state index in [1.54, 1.807) is 10.9 Å². The smallest absolute Gasteiger partial charge is 0.389 e. The molecule has 0 amide bonds. The van der Waals surface area contributed by atoms with Crippen LogP contribution >= 0.6 is 0 Å². The van der Waals surface area contributed by atoms with Gasteiger partial charge in [0.2, 0.25) is 0 Å². The van der Waals surface area contributed by atoms with Gasteiger partial charge in [0, 0.05) is 5.69 Å². The number of hydrogen-bond donors (Lipinski definition) is 1. The van der Waals surface area contributed by atoms with Crippen molar-refractivity contribution in [3.8, 4) is 0 Å². The fourth-order valence-corrected chi connectivity index (χ4v) is 1.77. The molecule has 0 saturated heterocycles. The molecule has 0 saturated carbocycles. The van der Waals surface area contributed by atoms with Crippen molar-refractivity contribution in [1.29, 1.82) is 0 Å². The summed E-state index contributed by atoms with van der Waals surface area (Å²) < 4.78 is 1.59. The number of anilines is 1. The first-order valence-electron chi connectivity index (χ1n) is 5.67. The number of hydrogen-bond acceptors (Lipinski definition) is 4. The Kier molecular flexibility index (Phi) is 3.57. The van der Waals surface area contributed by atoms with Crippen LogP contribution in [-0.2, 0) is 13.0 Å². The van der Waals surface area contributed by atoms with E-state index in [-0.39, 0.29) is 5.82 Å². The second-order valence-corrected chi connectivity index (χ2v) is 4.04. The molecule has 0 unspecified atom stereocenters. The van der Waals surface area contributed by atoms with Gasteiger partial charge in [-0.1, -0.05) is 12.1 Å². The summed E-state index contributed by atoms with van der Waals surface area (Å²) in [6, 6.07) is 9.12. The molecule has 0 aliphatic heterocycles. The highest BCUT2D eigenvalue weighted by Crippen LogP contribution is 2.10. The van der Waals surface area contributed by atoms with E-state index in [0.717, 1.165) is 24.1 Å². The van der Waals surface area contributed by atoms with Gasteiger partial charge in [0.1, 0.15) is 0 Å². The standard InChI is InChI=1S/C12H14N4O2/c13-11-5-1-3-10(9-11)4-2-7-15-8-6-12(14-15)16(17)18/h1,3,5-6,8-9H,2,4,7,13H2. The number of benzene rings is 1. The lowest BCUT2D eigenvalue weighted by molar-refractivity contribution is -0.389. The van der Waals surface area contributed by atoms with Crippen molar-refractivity contribution in [2.75, 3.05) is 5.73 Å². The van der Waals surface area contributed by atoms with E-state index in [9.17, 15) is 10.1 Å². The highest BCUT2D eigenvalue weighted by Gasteiger charge is 2.09. The van der Waals surface area contributed by atoms with Gasteiger partial charge in [0.05, 0.1) is 23.9 Å². The summed E-state index contributed by atoms with van der Waals surface area (Å²) >= 11 is 0. The minimum Gasteiger partial charge on any atom is -0.399 e. The topological polar surface area (TPSA) is 87.0 Å². The molecule has 0 fully saturated rings. The van der Waals surface area contributed by atoms with Crippen LogP contribution in [0.5, 0.6) is 0 Å². The molecule has 1 heterocycles. The van der Waals surface area contributed by atoms with Gasteiger partial charge in [0.25, 0.3) is 0 Å². The molecule has 2 N–H and O–H groups in total. The molecule has 94 valence electrons. The first kappa shape index (κ1) is 12.1. The number of nitrogens with two attached hydrogens (primary N) is 1. The highest BCUT2D eigenvalue weighted by molar-refractivity contribution is 5.40. The number of aryl methyl sites for hydroxylation is 2. The molecule has 6 nitrogen and oxygen atoms in total. The van der Waals surface area contributed by atoms with E-state index < -0.39 is 4.92 Å². The first-order chi connectivity index (χ1) is 8.65. The first-order valence-corrected chi connectivity index (χ1v) is 5.67. The number of nitrogen functional groups attached to an aromatic ring is 1. The van der Waals surface area contributed by atoms with E-state index in [2.05, 4.69) is 5.10 Å². The lowest BCUT2D eigenvalue weighted by Crippen LogP contribution is -2.01. The van der Waals surface area contributed by atoms with Crippen molar-refractivity contribution < 1.29 is 4.92 Å². The third-order valence-electron chi connectivity index (χ3n) is 2.62. The lowest BCUT2D eigenvalue weighted by atomic mass is 10.1. The molecule has 0 aliphatic rings. The maximum atomic E-state index is 10.5. The SMILES string of the molecule is Nc1cccc(CCCn2ccc([N+](=O)[O-])n2)c1. The molecule has 6 heteroatoms. The summed E-state index contributed by atoms with van der Waals surface area (Å²) in [5.41, 5.74) is 7.60. The third kappa shape index (κ3) is 3.07. The average molecular weight is 246 g/mol. The lowest BCUT2D eigenvalue weighted by Gasteiger charge is -2.01. The van der Waals surface area contributed by atoms with Crippen LogP contribution in [0.3, 0.4) is 0 Å². The molecule has 0 bridgehead atoms. The molecule has 1 aromatic heterocycles. The van der Waals surface area contributed by atoms with Crippen LogP contribution in [-0.4, -0.2) is 14.7 Å². The van der Waals surface area contributed by atoms with Crippen LogP contribution < -0.4 is 5.73 Å². The molecule has 0 aliphatic carbocycles. The fourth-order valence-electron chi connectivity index (χ4n) is 1.77. The molecule has 2 rings (SSSR count). The van der Waals surface area contributed by atoms with Crippen LogP contribution in [0.1, 0.15) is 12.0 Å². The zero-order chi connectivity index (χ0) is 13.0. The minimum atomic E-state index is -0.492. The molecule has 0 spiro atoms. The fraction of sp³-hybridized carbons (Fsp3) is 0.250.